The average molecular weight is 337 g/mol. The highest BCUT2D eigenvalue weighted by Gasteiger charge is 2.14. The summed E-state index contributed by atoms with van der Waals surface area (Å²) >= 11 is 0. The normalized spacial score (nSPS) is 12.2. The van der Waals surface area contributed by atoms with Crippen molar-refractivity contribution in [3.05, 3.63) is 77.2 Å². The van der Waals surface area contributed by atoms with Gasteiger partial charge < -0.3 is 10.6 Å². The van der Waals surface area contributed by atoms with Crippen LogP contribution in [-0.2, 0) is 11.2 Å². The molecule has 0 radical (unpaired) electrons. The molecule has 0 saturated carbocycles. The molecule has 25 heavy (non-hydrogen) atoms. The first-order valence-corrected chi connectivity index (χ1v) is 8.06. The van der Waals surface area contributed by atoms with E-state index >= 15 is 0 Å². The molecule has 0 heterocycles. The van der Waals surface area contributed by atoms with Crippen molar-refractivity contribution in [2.24, 2.45) is 0 Å². The minimum Gasteiger partial charge on any atom is -0.358 e. The van der Waals surface area contributed by atoms with Crippen molar-refractivity contribution in [1.29, 1.82) is 5.26 Å². The standard InChI is InChI=1S/C20H20FN3O/c1-3-15-8-10-16(11-9-15)14(2)24-20(25)17(12-22)13-23-19-7-5-4-6-18(19)21/h4-11,13-14,23H,3H2,1-2H3,(H,24,25)/b17-13-. The second-order valence-corrected chi connectivity index (χ2v) is 5.58. The van der Waals surface area contributed by atoms with Crippen LogP contribution in [0.4, 0.5) is 10.1 Å². The number of halogens is 1. The number of nitriles is 1. The number of anilines is 1. The Balaban J connectivity index is 2.05. The quantitative estimate of drug-likeness (QED) is 0.616. The topological polar surface area (TPSA) is 64.9 Å². The van der Waals surface area contributed by atoms with Gasteiger partial charge in [-0.05, 0) is 36.6 Å². The summed E-state index contributed by atoms with van der Waals surface area (Å²) in [6.45, 7) is 3.92. The van der Waals surface area contributed by atoms with Crippen LogP contribution in [0.15, 0.2) is 60.3 Å². The van der Waals surface area contributed by atoms with Crippen LogP contribution in [0.3, 0.4) is 0 Å². The van der Waals surface area contributed by atoms with Crippen molar-refractivity contribution in [3.8, 4) is 6.07 Å². The van der Waals surface area contributed by atoms with Gasteiger partial charge in [0, 0.05) is 6.20 Å². The highest BCUT2D eigenvalue weighted by atomic mass is 19.1. The van der Waals surface area contributed by atoms with Crippen molar-refractivity contribution in [2.45, 2.75) is 26.3 Å². The Morgan fingerprint density at radius 2 is 1.92 bits per heavy atom. The molecule has 0 aliphatic heterocycles. The Bertz CT molecular complexity index is 806. The molecule has 0 aromatic heterocycles. The Kier molecular flexibility index (Phi) is 6.30. The van der Waals surface area contributed by atoms with E-state index in [0.717, 1.165) is 12.0 Å². The van der Waals surface area contributed by atoms with Gasteiger partial charge in [-0.2, -0.15) is 5.26 Å². The molecule has 2 aromatic rings. The summed E-state index contributed by atoms with van der Waals surface area (Å²) in [4.78, 5) is 12.3. The van der Waals surface area contributed by atoms with E-state index in [0.29, 0.717) is 0 Å². The second-order valence-electron chi connectivity index (χ2n) is 5.58. The van der Waals surface area contributed by atoms with Gasteiger partial charge in [-0.3, -0.25) is 4.79 Å². The number of hydrogen-bond acceptors (Lipinski definition) is 3. The van der Waals surface area contributed by atoms with Crippen molar-refractivity contribution in [2.75, 3.05) is 5.32 Å². The molecule has 0 spiro atoms. The summed E-state index contributed by atoms with van der Waals surface area (Å²) in [7, 11) is 0. The average Bonchev–Trinajstić information content (AvgIpc) is 2.63. The van der Waals surface area contributed by atoms with E-state index in [9.17, 15) is 14.4 Å². The van der Waals surface area contributed by atoms with Gasteiger partial charge >= 0.3 is 0 Å². The number of rotatable bonds is 6. The molecule has 2 aromatic carbocycles. The zero-order chi connectivity index (χ0) is 18.2. The molecular weight excluding hydrogens is 317 g/mol. The molecule has 0 fully saturated rings. The van der Waals surface area contributed by atoms with Gasteiger partial charge in [0.1, 0.15) is 17.5 Å². The second kappa shape index (κ2) is 8.65. The smallest absolute Gasteiger partial charge is 0.263 e. The van der Waals surface area contributed by atoms with Gasteiger partial charge in [-0.15, -0.1) is 0 Å². The Morgan fingerprint density at radius 1 is 1.24 bits per heavy atom. The molecule has 2 rings (SSSR count). The third-order valence-electron chi connectivity index (χ3n) is 3.85. The van der Waals surface area contributed by atoms with Crippen LogP contribution in [0.2, 0.25) is 0 Å². The van der Waals surface area contributed by atoms with Crippen LogP contribution in [0, 0.1) is 17.1 Å². The zero-order valence-electron chi connectivity index (χ0n) is 14.2. The van der Waals surface area contributed by atoms with E-state index in [1.54, 1.807) is 12.1 Å². The number of hydrogen-bond donors (Lipinski definition) is 2. The molecule has 5 heteroatoms. The van der Waals surface area contributed by atoms with E-state index in [1.807, 2.05) is 37.3 Å². The molecule has 0 saturated heterocycles. The third-order valence-corrected chi connectivity index (χ3v) is 3.85. The molecule has 1 unspecified atom stereocenters. The number of nitrogens with one attached hydrogen (secondary N) is 2. The molecule has 0 aliphatic carbocycles. The summed E-state index contributed by atoms with van der Waals surface area (Å²) in [6, 6.07) is 15.6. The van der Waals surface area contributed by atoms with Crippen LogP contribution < -0.4 is 10.6 Å². The van der Waals surface area contributed by atoms with Crippen LogP contribution in [0.25, 0.3) is 0 Å². The molecule has 128 valence electrons. The number of amides is 1. The van der Waals surface area contributed by atoms with Crippen LogP contribution in [0.1, 0.15) is 31.0 Å². The third kappa shape index (κ3) is 4.92. The monoisotopic (exact) mass is 337 g/mol. The molecular formula is C20H20FN3O. The lowest BCUT2D eigenvalue weighted by Crippen LogP contribution is -2.28. The minimum atomic E-state index is -0.515. The first kappa shape index (κ1) is 18.2. The van der Waals surface area contributed by atoms with Crippen LogP contribution in [0.5, 0.6) is 0 Å². The molecule has 4 nitrogen and oxygen atoms in total. The lowest BCUT2D eigenvalue weighted by molar-refractivity contribution is -0.117. The van der Waals surface area contributed by atoms with Gasteiger partial charge in [-0.1, -0.05) is 43.3 Å². The van der Waals surface area contributed by atoms with Crippen LogP contribution >= 0.6 is 0 Å². The molecule has 1 atom stereocenters. The SMILES string of the molecule is CCc1ccc(C(C)NC(=O)/C(C#N)=C\Nc2ccccc2F)cc1. The maximum Gasteiger partial charge on any atom is 0.263 e. The van der Waals surface area contributed by atoms with Gasteiger partial charge in [0.15, 0.2) is 0 Å². The van der Waals surface area contributed by atoms with Gasteiger partial charge in [0.2, 0.25) is 0 Å². The van der Waals surface area contributed by atoms with E-state index in [4.69, 9.17) is 0 Å². The van der Waals surface area contributed by atoms with E-state index in [-0.39, 0.29) is 17.3 Å². The van der Waals surface area contributed by atoms with E-state index < -0.39 is 11.7 Å². The lowest BCUT2D eigenvalue weighted by atomic mass is 10.0. The number of carbonyl (C=O) groups excluding carboxylic acids is 1. The number of nitrogens with zero attached hydrogens (tertiary/aromatic N) is 1. The van der Waals surface area contributed by atoms with E-state index in [2.05, 4.69) is 17.6 Å². The first-order chi connectivity index (χ1) is 12.0. The highest BCUT2D eigenvalue weighted by Crippen LogP contribution is 2.15. The number of benzene rings is 2. The maximum atomic E-state index is 13.6. The summed E-state index contributed by atoms with van der Waals surface area (Å²) in [5.74, 6) is -0.973. The van der Waals surface area contributed by atoms with Crippen LogP contribution in [-0.4, -0.2) is 5.91 Å². The molecule has 2 N–H and O–H groups in total. The fourth-order valence-corrected chi connectivity index (χ4v) is 2.28. The minimum absolute atomic E-state index is 0.125. The summed E-state index contributed by atoms with van der Waals surface area (Å²) < 4.78 is 13.6. The van der Waals surface area contributed by atoms with Crippen molar-refractivity contribution >= 4 is 11.6 Å². The van der Waals surface area contributed by atoms with Gasteiger partial charge in [-0.25, -0.2) is 4.39 Å². The zero-order valence-corrected chi connectivity index (χ0v) is 14.2. The predicted octanol–water partition coefficient (Wildman–Crippen LogP) is 4.08. The predicted molar refractivity (Wildman–Crippen MR) is 96.1 cm³/mol. The lowest BCUT2D eigenvalue weighted by Gasteiger charge is -2.14. The summed E-state index contributed by atoms with van der Waals surface area (Å²) in [5.41, 5.74) is 2.24. The largest absolute Gasteiger partial charge is 0.358 e. The summed E-state index contributed by atoms with van der Waals surface area (Å²) in [6.07, 6.45) is 2.16. The molecule has 1 amide bonds. The fourth-order valence-electron chi connectivity index (χ4n) is 2.28. The highest BCUT2D eigenvalue weighted by molar-refractivity contribution is 5.97. The van der Waals surface area contributed by atoms with Crippen molar-refractivity contribution in [1.82, 2.24) is 5.32 Å². The van der Waals surface area contributed by atoms with Crippen molar-refractivity contribution in [3.63, 3.8) is 0 Å². The molecule has 0 aliphatic rings. The summed E-state index contributed by atoms with van der Waals surface area (Å²) in [5, 5.41) is 14.6. The Labute approximate surface area is 147 Å². The Hall–Kier alpha value is -3.13. The Morgan fingerprint density at radius 3 is 2.52 bits per heavy atom. The first-order valence-electron chi connectivity index (χ1n) is 8.06. The number of aryl methyl sites for hydroxylation is 1. The van der Waals surface area contributed by atoms with Gasteiger partial charge in [0.25, 0.3) is 5.91 Å². The van der Waals surface area contributed by atoms with Crippen molar-refractivity contribution < 1.29 is 9.18 Å². The molecule has 0 bridgehead atoms. The number of carbonyl (C=O) groups is 1. The van der Waals surface area contributed by atoms with Gasteiger partial charge in [0.05, 0.1) is 11.7 Å². The van der Waals surface area contributed by atoms with E-state index in [1.165, 1.54) is 23.9 Å². The maximum absolute atomic E-state index is 13.6. The fraction of sp³-hybridized carbons (Fsp3) is 0.200. The number of para-hydroxylation sites is 1.